The second-order valence-electron chi connectivity index (χ2n) is 4.19. The first kappa shape index (κ1) is 12.0. The van der Waals surface area contributed by atoms with Gasteiger partial charge in [-0.1, -0.05) is 13.8 Å². The summed E-state index contributed by atoms with van der Waals surface area (Å²) in [5, 5.41) is 3.46. The Morgan fingerprint density at radius 1 is 1.07 bits per heavy atom. The van der Waals surface area contributed by atoms with Crippen molar-refractivity contribution >= 4 is 0 Å². The van der Waals surface area contributed by atoms with E-state index < -0.39 is 0 Å². The molecular weight excluding hydrogens is 174 g/mol. The molecule has 0 aromatic carbocycles. The van der Waals surface area contributed by atoms with Gasteiger partial charge in [0.25, 0.3) is 0 Å². The first-order valence-electron chi connectivity index (χ1n) is 5.94. The SMILES string of the molecule is CCNC(C)CN1CCN(CC)CC1. The van der Waals surface area contributed by atoms with Gasteiger partial charge >= 0.3 is 0 Å². The summed E-state index contributed by atoms with van der Waals surface area (Å²) >= 11 is 0. The summed E-state index contributed by atoms with van der Waals surface area (Å²) in [6.07, 6.45) is 0. The van der Waals surface area contributed by atoms with Gasteiger partial charge in [0.2, 0.25) is 0 Å². The Labute approximate surface area is 88.5 Å². The molecule has 0 amide bonds. The van der Waals surface area contributed by atoms with Gasteiger partial charge in [0, 0.05) is 38.8 Å². The molecule has 1 aliphatic rings. The number of nitrogens with one attached hydrogen (secondary N) is 1. The lowest BCUT2D eigenvalue weighted by Crippen LogP contribution is -2.49. The first-order valence-corrected chi connectivity index (χ1v) is 5.94. The highest BCUT2D eigenvalue weighted by Crippen LogP contribution is 2.01. The van der Waals surface area contributed by atoms with Gasteiger partial charge in [-0.3, -0.25) is 4.90 Å². The molecule has 0 saturated carbocycles. The average Bonchev–Trinajstić information content (AvgIpc) is 2.19. The van der Waals surface area contributed by atoms with Crippen molar-refractivity contribution in [1.82, 2.24) is 15.1 Å². The van der Waals surface area contributed by atoms with Gasteiger partial charge < -0.3 is 10.2 Å². The molecule has 1 rings (SSSR count). The van der Waals surface area contributed by atoms with Crippen LogP contribution in [0.3, 0.4) is 0 Å². The van der Waals surface area contributed by atoms with Crippen LogP contribution in [0.25, 0.3) is 0 Å². The fourth-order valence-corrected chi connectivity index (χ4v) is 2.09. The van der Waals surface area contributed by atoms with Crippen LogP contribution in [0.15, 0.2) is 0 Å². The topological polar surface area (TPSA) is 18.5 Å². The van der Waals surface area contributed by atoms with E-state index in [2.05, 4.69) is 35.9 Å². The number of hydrogen-bond acceptors (Lipinski definition) is 3. The predicted octanol–water partition coefficient (Wildman–Crippen LogP) is 0.622. The van der Waals surface area contributed by atoms with E-state index in [1.807, 2.05) is 0 Å². The molecule has 1 saturated heterocycles. The molecule has 1 unspecified atom stereocenters. The minimum Gasteiger partial charge on any atom is -0.313 e. The number of nitrogens with zero attached hydrogens (tertiary/aromatic N) is 2. The van der Waals surface area contributed by atoms with Gasteiger partial charge in [-0.05, 0) is 20.0 Å². The highest BCUT2D eigenvalue weighted by atomic mass is 15.3. The fourth-order valence-electron chi connectivity index (χ4n) is 2.09. The number of piperazine rings is 1. The molecule has 1 atom stereocenters. The van der Waals surface area contributed by atoms with E-state index in [0.717, 1.165) is 6.54 Å². The van der Waals surface area contributed by atoms with Crippen LogP contribution in [-0.2, 0) is 0 Å². The Kier molecular flexibility index (Phi) is 5.45. The van der Waals surface area contributed by atoms with Crippen molar-refractivity contribution in [2.45, 2.75) is 26.8 Å². The Balaban J connectivity index is 2.15. The number of likely N-dealkylation sites (N-methyl/N-ethyl adjacent to an activating group) is 2. The lowest BCUT2D eigenvalue weighted by atomic mass is 10.2. The summed E-state index contributed by atoms with van der Waals surface area (Å²) in [4.78, 5) is 5.09. The molecule has 0 bridgehead atoms. The van der Waals surface area contributed by atoms with Gasteiger partial charge in [0.15, 0.2) is 0 Å². The molecule has 1 aliphatic heterocycles. The quantitative estimate of drug-likeness (QED) is 0.700. The van der Waals surface area contributed by atoms with E-state index in [1.165, 1.54) is 39.3 Å². The third-order valence-corrected chi connectivity index (χ3v) is 3.00. The second-order valence-corrected chi connectivity index (χ2v) is 4.19. The Morgan fingerprint density at radius 3 is 2.14 bits per heavy atom. The maximum atomic E-state index is 3.46. The van der Waals surface area contributed by atoms with Crippen molar-refractivity contribution in [2.75, 3.05) is 45.8 Å². The summed E-state index contributed by atoms with van der Waals surface area (Å²) in [5.74, 6) is 0. The van der Waals surface area contributed by atoms with Crippen LogP contribution in [0.5, 0.6) is 0 Å². The Morgan fingerprint density at radius 2 is 1.64 bits per heavy atom. The minimum atomic E-state index is 0.633. The molecule has 3 nitrogen and oxygen atoms in total. The molecule has 14 heavy (non-hydrogen) atoms. The van der Waals surface area contributed by atoms with Gasteiger partial charge in [0.1, 0.15) is 0 Å². The Hall–Kier alpha value is -0.120. The molecule has 0 aromatic heterocycles. The largest absolute Gasteiger partial charge is 0.313 e. The van der Waals surface area contributed by atoms with Crippen LogP contribution in [0.2, 0.25) is 0 Å². The van der Waals surface area contributed by atoms with Crippen molar-refractivity contribution < 1.29 is 0 Å². The van der Waals surface area contributed by atoms with Gasteiger partial charge in [0.05, 0.1) is 0 Å². The van der Waals surface area contributed by atoms with Crippen LogP contribution >= 0.6 is 0 Å². The molecule has 84 valence electrons. The van der Waals surface area contributed by atoms with E-state index in [4.69, 9.17) is 0 Å². The van der Waals surface area contributed by atoms with Crippen LogP contribution < -0.4 is 5.32 Å². The zero-order chi connectivity index (χ0) is 10.4. The molecular formula is C11H25N3. The number of rotatable bonds is 5. The zero-order valence-electron chi connectivity index (χ0n) is 9.92. The van der Waals surface area contributed by atoms with E-state index in [-0.39, 0.29) is 0 Å². The summed E-state index contributed by atoms with van der Waals surface area (Å²) in [7, 11) is 0. The molecule has 1 N–H and O–H groups in total. The smallest absolute Gasteiger partial charge is 0.0166 e. The second kappa shape index (κ2) is 6.38. The number of hydrogen-bond donors (Lipinski definition) is 1. The molecule has 0 aromatic rings. The normalized spacial score (nSPS) is 22.5. The predicted molar refractivity (Wildman–Crippen MR) is 61.7 cm³/mol. The summed E-state index contributed by atoms with van der Waals surface area (Å²) < 4.78 is 0. The van der Waals surface area contributed by atoms with E-state index in [1.54, 1.807) is 0 Å². The van der Waals surface area contributed by atoms with Crippen molar-refractivity contribution in [3.63, 3.8) is 0 Å². The molecule has 0 aliphatic carbocycles. The molecule has 3 heteroatoms. The van der Waals surface area contributed by atoms with Crippen molar-refractivity contribution in [2.24, 2.45) is 0 Å². The maximum Gasteiger partial charge on any atom is 0.0166 e. The van der Waals surface area contributed by atoms with Crippen LogP contribution in [0.1, 0.15) is 20.8 Å². The third kappa shape index (κ3) is 3.95. The summed E-state index contributed by atoms with van der Waals surface area (Å²) in [6, 6.07) is 0.633. The minimum absolute atomic E-state index is 0.633. The van der Waals surface area contributed by atoms with Gasteiger partial charge in [-0.2, -0.15) is 0 Å². The molecule has 1 heterocycles. The summed E-state index contributed by atoms with van der Waals surface area (Å²) in [6.45, 7) is 15.1. The van der Waals surface area contributed by atoms with E-state index in [0.29, 0.717) is 6.04 Å². The van der Waals surface area contributed by atoms with E-state index >= 15 is 0 Å². The van der Waals surface area contributed by atoms with Gasteiger partial charge in [-0.25, -0.2) is 0 Å². The zero-order valence-corrected chi connectivity index (χ0v) is 9.92. The average molecular weight is 199 g/mol. The molecule has 0 radical (unpaired) electrons. The highest BCUT2D eigenvalue weighted by Gasteiger charge is 2.16. The Bertz CT molecular complexity index is 141. The van der Waals surface area contributed by atoms with Crippen LogP contribution in [0, 0.1) is 0 Å². The summed E-state index contributed by atoms with van der Waals surface area (Å²) in [5.41, 5.74) is 0. The highest BCUT2D eigenvalue weighted by molar-refractivity contribution is 4.74. The molecule has 0 spiro atoms. The van der Waals surface area contributed by atoms with E-state index in [9.17, 15) is 0 Å². The van der Waals surface area contributed by atoms with Crippen molar-refractivity contribution in [3.05, 3.63) is 0 Å². The molecule has 1 fully saturated rings. The van der Waals surface area contributed by atoms with Crippen LogP contribution in [0.4, 0.5) is 0 Å². The monoisotopic (exact) mass is 199 g/mol. The fraction of sp³-hybridized carbons (Fsp3) is 1.00. The third-order valence-electron chi connectivity index (χ3n) is 3.00. The standard InChI is InChI=1S/C11H25N3/c1-4-12-11(3)10-14-8-6-13(5-2)7-9-14/h11-12H,4-10H2,1-3H3. The van der Waals surface area contributed by atoms with Crippen molar-refractivity contribution in [3.8, 4) is 0 Å². The lowest BCUT2D eigenvalue weighted by molar-refractivity contribution is 0.129. The van der Waals surface area contributed by atoms with Crippen LogP contribution in [-0.4, -0.2) is 61.7 Å². The maximum absolute atomic E-state index is 3.46. The first-order chi connectivity index (χ1) is 6.76. The van der Waals surface area contributed by atoms with Gasteiger partial charge in [-0.15, -0.1) is 0 Å². The van der Waals surface area contributed by atoms with Crippen molar-refractivity contribution in [1.29, 1.82) is 0 Å². The lowest BCUT2D eigenvalue weighted by Gasteiger charge is -2.35.